The summed E-state index contributed by atoms with van der Waals surface area (Å²) in [6, 6.07) is 4.63. The highest BCUT2D eigenvalue weighted by Gasteiger charge is 2.14. The highest BCUT2D eigenvalue weighted by molar-refractivity contribution is 5.62. The van der Waals surface area contributed by atoms with Gasteiger partial charge in [-0.1, -0.05) is 0 Å². The Morgan fingerprint density at radius 3 is 2.89 bits per heavy atom. The lowest BCUT2D eigenvalue weighted by molar-refractivity contribution is -0.384. The second kappa shape index (κ2) is 4.82. The molecule has 2 rings (SSSR count). The number of nitrogens with one attached hydrogen (secondary N) is 1. The highest BCUT2D eigenvalue weighted by atomic mass is 16.6. The van der Waals surface area contributed by atoms with Crippen LogP contribution >= 0.6 is 0 Å². The molecule has 18 heavy (non-hydrogen) atoms. The maximum absolute atomic E-state index is 10.9. The average molecular weight is 247 g/mol. The predicted octanol–water partition coefficient (Wildman–Crippen LogP) is 1.91. The van der Waals surface area contributed by atoms with E-state index in [1.54, 1.807) is 24.0 Å². The summed E-state index contributed by atoms with van der Waals surface area (Å²) in [7, 11) is 1.67. The van der Waals surface area contributed by atoms with Crippen LogP contribution in [0.25, 0.3) is 11.4 Å². The third-order valence-electron chi connectivity index (χ3n) is 2.56. The number of aryl methyl sites for hydroxylation is 1. The third kappa shape index (κ3) is 2.15. The molecule has 2 heterocycles. The van der Waals surface area contributed by atoms with Crippen LogP contribution in [0.4, 0.5) is 11.5 Å². The SMILES string of the molecule is CCn1nccc1-c1cc([N+](=O)[O-])cc(NC)n1. The fraction of sp³-hybridized carbons (Fsp3) is 0.273. The van der Waals surface area contributed by atoms with Gasteiger partial charge in [0.05, 0.1) is 22.4 Å². The third-order valence-corrected chi connectivity index (χ3v) is 2.56. The van der Waals surface area contributed by atoms with Gasteiger partial charge < -0.3 is 5.32 Å². The Balaban J connectivity index is 2.56. The lowest BCUT2D eigenvalue weighted by Crippen LogP contribution is -2.02. The molecule has 0 aromatic carbocycles. The summed E-state index contributed by atoms with van der Waals surface area (Å²) in [5, 5.41) is 17.8. The second-order valence-corrected chi connectivity index (χ2v) is 3.64. The fourth-order valence-electron chi connectivity index (χ4n) is 1.68. The van der Waals surface area contributed by atoms with Crippen LogP contribution < -0.4 is 5.32 Å². The van der Waals surface area contributed by atoms with E-state index < -0.39 is 4.92 Å². The predicted molar refractivity (Wildman–Crippen MR) is 67.3 cm³/mol. The molecular weight excluding hydrogens is 234 g/mol. The van der Waals surface area contributed by atoms with Gasteiger partial charge in [0.2, 0.25) is 0 Å². The molecule has 94 valence electrons. The van der Waals surface area contributed by atoms with Crippen LogP contribution in [0.3, 0.4) is 0 Å². The molecule has 2 aromatic rings. The Hall–Kier alpha value is -2.44. The molecule has 0 atom stereocenters. The number of hydrogen-bond donors (Lipinski definition) is 1. The molecule has 0 bridgehead atoms. The standard InChI is InChI=1S/C11H13N5O2/c1-3-15-10(4-5-13-15)9-6-8(16(17)18)7-11(12-2)14-9/h4-7H,3H2,1-2H3,(H,12,14). The molecule has 0 aliphatic carbocycles. The van der Waals surface area contributed by atoms with Crippen LogP contribution in [0.2, 0.25) is 0 Å². The van der Waals surface area contributed by atoms with Crippen molar-refractivity contribution in [1.29, 1.82) is 0 Å². The van der Waals surface area contributed by atoms with Gasteiger partial charge in [0, 0.05) is 25.9 Å². The zero-order valence-corrected chi connectivity index (χ0v) is 10.1. The molecule has 1 N–H and O–H groups in total. The summed E-state index contributed by atoms with van der Waals surface area (Å²) in [6.07, 6.45) is 1.65. The first-order chi connectivity index (χ1) is 8.65. The Morgan fingerprint density at radius 2 is 2.28 bits per heavy atom. The smallest absolute Gasteiger partial charge is 0.275 e. The number of hydrogen-bond acceptors (Lipinski definition) is 5. The van der Waals surface area contributed by atoms with E-state index in [1.165, 1.54) is 12.1 Å². The molecule has 0 saturated carbocycles. The normalized spacial score (nSPS) is 10.3. The van der Waals surface area contributed by atoms with E-state index in [0.717, 1.165) is 5.69 Å². The number of anilines is 1. The topological polar surface area (TPSA) is 85.9 Å². The first-order valence-corrected chi connectivity index (χ1v) is 5.52. The summed E-state index contributed by atoms with van der Waals surface area (Å²) >= 11 is 0. The average Bonchev–Trinajstić information content (AvgIpc) is 2.86. The van der Waals surface area contributed by atoms with Crippen LogP contribution in [0, 0.1) is 10.1 Å². The molecule has 7 nitrogen and oxygen atoms in total. The summed E-state index contributed by atoms with van der Waals surface area (Å²) in [6.45, 7) is 2.63. The fourth-order valence-corrected chi connectivity index (χ4v) is 1.68. The summed E-state index contributed by atoms with van der Waals surface area (Å²) < 4.78 is 1.74. The van der Waals surface area contributed by atoms with E-state index in [0.29, 0.717) is 18.1 Å². The lowest BCUT2D eigenvalue weighted by atomic mass is 10.2. The Morgan fingerprint density at radius 1 is 1.50 bits per heavy atom. The van der Waals surface area contributed by atoms with Gasteiger partial charge in [0.1, 0.15) is 5.82 Å². The van der Waals surface area contributed by atoms with Crippen molar-refractivity contribution in [1.82, 2.24) is 14.8 Å². The van der Waals surface area contributed by atoms with Gasteiger partial charge >= 0.3 is 0 Å². The number of aromatic nitrogens is 3. The molecule has 0 aliphatic rings. The van der Waals surface area contributed by atoms with Crippen LogP contribution in [-0.4, -0.2) is 26.7 Å². The summed E-state index contributed by atoms with van der Waals surface area (Å²) in [5.41, 5.74) is 1.30. The van der Waals surface area contributed by atoms with Crippen molar-refractivity contribution in [3.63, 3.8) is 0 Å². The van der Waals surface area contributed by atoms with Crippen molar-refractivity contribution in [2.75, 3.05) is 12.4 Å². The summed E-state index contributed by atoms with van der Waals surface area (Å²) in [5.74, 6) is 0.461. The minimum absolute atomic E-state index is 0.00760. The van der Waals surface area contributed by atoms with Crippen molar-refractivity contribution < 1.29 is 4.92 Å². The van der Waals surface area contributed by atoms with Crippen LogP contribution in [0.15, 0.2) is 24.4 Å². The quantitative estimate of drug-likeness (QED) is 0.658. The molecule has 0 saturated heterocycles. The first kappa shape index (κ1) is 12.0. The Kier molecular flexibility index (Phi) is 3.22. The van der Waals surface area contributed by atoms with Crippen molar-refractivity contribution in [3.05, 3.63) is 34.5 Å². The van der Waals surface area contributed by atoms with Gasteiger partial charge in [-0.2, -0.15) is 5.10 Å². The van der Waals surface area contributed by atoms with Gasteiger partial charge in [-0.15, -0.1) is 0 Å². The van der Waals surface area contributed by atoms with E-state index in [4.69, 9.17) is 0 Å². The Labute approximate surface area is 104 Å². The van der Waals surface area contributed by atoms with E-state index >= 15 is 0 Å². The summed E-state index contributed by atoms with van der Waals surface area (Å²) in [4.78, 5) is 14.8. The molecule has 0 aliphatic heterocycles. The van der Waals surface area contributed by atoms with Crippen molar-refractivity contribution in [2.24, 2.45) is 0 Å². The van der Waals surface area contributed by atoms with Crippen LogP contribution in [-0.2, 0) is 6.54 Å². The molecule has 0 radical (unpaired) electrons. The molecule has 0 spiro atoms. The molecular formula is C11H13N5O2. The van der Waals surface area contributed by atoms with Gasteiger partial charge in [-0.25, -0.2) is 4.98 Å². The minimum Gasteiger partial charge on any atom is -0.373 e. The highest BCUT2D eigenvalue weighted by Crippen LogP contribution is 2.24. The largest absolute Gasteiger partial charge is 0.373 e. The number of nitrogens with zero attached hydrogens (tertiary/aromatic N) is 4. The lowest BCUT2D eigenvalue weighted by Gasteiger charge is -2.06. The first-order valence-electron chi connectivity index (χ1n) is 5.52. The van der Waals surface area contributed by atoms with Gasteiger partial charge in [-0.3, -0.25) is 14.8 Å². The maximum atomic E-state index is 10.9. The Bertz CT molecular complexity index is 579. The van der Waals surface area contributed by atoms with Crippen molar-refractivity contribution in [3.8, 4) is 11.4 Å². The van der Waals surface area contributed by atoms with Crippen LogP contribution in [0.1, 0.15) is 6.92 Å². The van der Waals surface area contributed by atoms with E-state index in [-0.39, 0.29) is 5.69 Å². The van der Waals surface area contributed by atoms with E-state index in [2.05, 4.69) is 15.4 Å². The molecule has 0 amide bonds. The van der Waals surface area contributed by atoms with E-state index in [1.807, 2.05) is 6.92 Å². The van der Waals surface area contributed by atoms with Crippen LogP contribution in [0.5, 0.6) is 0 Å². The van der Waals surface area contributed by atoms with E-state index in [9.17, 15) is 10.1 Å². The molecule has 0 unspecified atom stereocenters. The number of rotatable bonds is 4. The van der Waals surface area contributed by atoms with Gasteiger partial charge in [0.15, 0.2) is 0 Å². The molecule has 0 fully saturated rings. The van der Waals surface area contributed by atoms with Crippen molar-refractivity contribution >= 4 is 11.5 Å². The number of nitro groups is 1. The zero-order valence-electron chi connectivity index (χ0n) is 10.1. The second-order valence-electron chi connectivity index (χ2n) is 3.64. The van der Waals surface area contributed by atoms with Gasteiger partial charge in [0.25, 0.3) is 5.69 Å². The zero-order chi connectivity index (χ0) is 13.1. The molecule has 7 heteroatoms. The number of pyridine rings is 1. The monoisotopic (exact) mass is 247 g/mol. The molecule has 2 aromatic heterocycles. The van der Waals surface area contributed by atoms with Gasteiger partial charge in [-0.05, 0) is 13.0 Å². The maximum Gasteiger partial charge on any atom is 0.275 e. The van der Waals surface area contributed by atoms with Crippen molar-refractivity contribution in [2.45, 2.75) is 13.5 Å². The minimum atomic E-state index is -0.432.